The molecule has 20 heavy (non-hydrogen) atoms. The molecule has 1 heterocycles. The second kappa shape index (κ2) is 4.96. The Labute approximate surface area is 115 Å². The maximum Gasteiger partial charge on any atom is 0.129 e. The number of halogens is 2. The van der Waals surface area contributed by atoms with Gasteiger partial charge in [0, 0.05) is 5.56 Å². The van der Waals surface area contributed by atoms with Crippen molar-refractivity contribution in [3.8, 4) is 0 Å². The molecule has 2 aromatic carbocycles. The molecular weight excluding hydrogens is 262 g/mol. The van der Waals surface area contributed by atoms with E-state index in [-0.39, 0.29) is 11.1 Å². The molecule has 4 heteroatoms. The van der Waals surface area contributed by atoms with Crippen molar-refractivity contribution in [1.29, 1.82) is 0 Å². The molecule has 1 N–H and O–H groups in total. The molecular formula is C16H14F2O2. The number of aliphatic hydroxyl groups excluding tert-OH is 1. The third kappa shape index (κ3) is 2.21. The maximum absolute atomic E-state index is 13.9. The number of hydrogen-bond donors (Lipinski definition) is 1. The van der Waals surface area contributed by atoms with Crippen LogP contribution in [0, 0.1) is 18.6 Å². The lowest BCUT2D eigenvalue weighted by Crippen LogP contribution is -2.05. The van der Waals surface area contributed by atoms with Crippen molar-refractivity contribution in [3.05, 3.63) is 69.8 Å². The summed E-state index contributed by atoms with van der Waals surface area (Å²) in [5.74, 6) is -1.13. The summed E-state index contributed by atoms with van der Waals surface area (Å²) >= 11 is 0. The molecule has 1 aliphatic rings. The van der Waals surface area contributed by atoms with E-state index in [2.05, 4.69) is 0 Å². The van der Waals surface area contributed by atoms with E-state index in [1.165, 1.54) is 6.92 Å². The second-order valence-electron chi connectivity index (χ2n) is 5.05. The van der Waals surface area contributed by atoms with E-state index in [0.29, 0.717) is 18.8 Å². The smallest absolute Gasteiger partial charge is 0.129 e. The fourth-order valence-electron chi connectivity index (χ4n) is 2.41. The third-order valence-electron chi connectivity index (χ3n) is 3.63. The number of benzene rings is 2. The van der Waals surface area contributed by atoms with Gasteiger partial charge in [0.25, 0.3) is 0 Å². The Morgan fingerprint density at radius 2 is 1.80 bits per heavy atom. The van der Waals surface area contributed by atoms with Crippen LogP contribution in [0.2, 0.25) is 0 Å². The molecule has 2 aromatic rings. The Hall–Kier alpha value is -1.78. The molecule has 0 aliphatic carbocycles. The van der Waals surface area contributed by atoms with Crippen LogP contribution in [0.3, 0.4) is 0 Å². The lowest BCUT2D eigenvalue weighted by Gasteiger charge is -2.14. The summed E-state index contributed by atoms with van der Waals surface area (Å²) in [4.78, 5) is 0. The van der Waals surface area contributed by atoms with Crippen molar-refractivity contribution in [1.82, 2.24) is 0 Å². The minimum Gasteiger partial charge on any atom is -0.384 e. The number of fused-ring (bicyclic) bond motifs is 1. The van der Waals surface area contributed by atoms with Gasteiger partial charge in [-0.15, -0.1) is 0 Å². The normalized spacial score (nSPS) is 15.2. The van der Waals surface area contributed by atoms with Gasteiger partial charge in [-0.2, -0.15) is 0 Å². The van der Waals surface area contributed by atoms with Crippen LogP contribution in [0.1, 0.15) is 33.9 Å². The molecule has 0 radical (unpaired) electrons. The molecule has 1 atom stereocenters. The second-order valence-corrected chi connectivity index (χ2v) is 5.05. The standard InChI is InChI=1S/C16H14F2O2/c1-9-4-15(18)13(6-14(9)17)16(19)10-2-3-11-7-20-8-12(11)5-10/h2-6,16,19H,7-8H2,1H3. The van der Waals surface area contributed by atoms with Crippen molar-refractivity contribution in [2.24, 2.45) is 0 Å². The van der Waals surface area contributed by atoms with E-state index < -0.39 is 17.7 Å². The van der Waals surface area contributed by atoms with Gasteiger partial charge in [0.2, 0.25) is 0 Å². The predicted molar refractivity (Wildman–Crippen MR) is 70.1 cm³/mol. The van der Waals surface area contributed by atoms with Crippen LogP contribution in [0.5, 0.6) is 0 Å². The van der Waals surface area contributed by atoms with Crippen molar-refractivity contribution in [2.45, 2.75) is 26.2 Å². The lowest BCUT2D eigenvalue weighted by atomic mass is 9.97. The van der Waals surface area contributed by atoms with Crippen molar-refractivity contribution in [2.75, 3.05) is 0 Å². The first-order valence-electron chi connectivity index (χ1n) is 6.39. The van der Waals surface area contributed by atoms with Crippen LogP contribution in [-0.2, 0) is 18.0 Å². The van der Waals surface area contributed by atoms with E-state index in [0.717, 1.165) is 23.3 Å². The van der Waals surface area contributed by atoms with Crippen LogP contribution in [0.25, 0.3) is 0 Å². The zero-order chi connectivity index (χ0) is 14.3. The minimum absolute atomic E-state index is 0.0491. The fraction of sp³-hybridized carbons (Fsp3) is 0.250. The highest BCUT2D eigenvalue weighted by Crippen LogP contribution is 2.29. The van der Waals surface area contributed by atoms with Crippen LogP contribution in [-0.4, -0.2) is 5.11 Å². The SMILES string of the molecule is Cc1cc(F)c(C(O)c2ccc3c(c2)COC3)cc1F. The van der Waals surface area contributed by atoms with Gasteiger partial charge < -0.3 is 9.84 Å². The molecule has 104 valence electrons. The highest BCUT2D eigenvalue weighted by Gasteiger charge is 2.19. The molecule has 0 amide bonds. The molecule has 0 bridgehead atoms. The lowest BCUT2D eigenvalue weighted by molar-refractivity contribution is 0.134. The van der Waals surface area contributed by atoms with E-state index in [1.807, 2.05) is 6.07 Å². The molecule has 0 fully saturated rings. The summed E-state index contributed by atoms with van der Waals surface area (Å²) in [6.07, 6.45) is -1.18. The molecule has 2 nitrogen and oxygen atoms in total. The zero-order valence-corrected chi connectivity index (χ0v) is 11.0. The summed E-state index contributed by atoms with van der Waals surface area (Å²) in [5.41, 5.74) is 2.76. The van der Waals surface area contributed by atoms with E-state index >= 15 is 0 Å². The van der Waals surface area contributed by atoms with Crippen LogP contribution in [0.4, 0.5) is 8.78 Å². The Bertz CT molecular complexity index is 668. The molecule has 3 rings (SSSR count). The Balaban J connectivity index is 2.00. The molecule has 1 aliphatic heterocycles. The van der Waals surface area contributed by atoms with Gasteiger partial charge in [-0.25, -0.2) is 8.78 Å². The molecule has 0 saturated carbocycles. The molecule has 0 aromatic heterocycles. The molecule has 0 spiro atoms. The van der Waals surface area contributed by atoms with E-state index in [1.54, 1.807) is 12.1 Å². The minimum atomic E-state index is -1.18. The van der Waals surface area contributed by atoms with Crippen LogP contribution in [0.15, 0.2) is 30.3 Å². The van der Waals surface area contributed by atoms with Crippen molar-refractivity contribution < 1.29 is 18.6 Å². The van der Waals surface area contributed by atoms with Gasteiger partial charge in [-0.1, -0.05) is 18.2 Å². The summed E-state index contributed by atoms with van der Waals surface area (Å²) in [5, 5.41) is 10.3. The summed E-state index contributed by atoms with van der Waals surface area (Å²) in [6.45, 7) is 2.53. The highest BCUT2D eigenvalue weighted by molar-refractivity contribution is 5.39. The zero-order valence-electron chi connectivity index (χ0n) is 11.0. The average molecular weight is 276 g/mol. The Kier molecular flexibility index (Phi) is 3.28. The van der Waals surface area contributed by atoms with Gasteiger partial charge in [0.1, 0.15) is 17.7 Å². The monoisotopic (exact) mass is 276 g/mol. The maximum atomic E-state index is 13.9. The van der Waals surface area contributed by atoms with Crippen LogP contribution < -0.4 is 0 Å². The summed E-state index contributed by atoms with van der Waals surface area (Å²) in [6, 6.07) is 7.51. The van der Waals surface area contributed by atoms with Gasteiger partial charge in [-0.05, 0) is 41.3 Å². The topological polar surface area (TPSA) is 29.5 Å². The molecule has 0 saturated heterocycles. The van der Waals surface area contributed by atoms with E-state index in [4.69, 9.17) is 4.74 Å². The number of rotatable bonds is 2. The Morgan fingerprint density at radius 3 is 2.60 bits per heavy atom. The van der Waals surface area contributed by atoms with Crippen molar-refractivity contribution in [3.63, 3.8) is 0 Å². The quantitative estimate of drug-likeness (QED) is 0.911. The average Bonchev–Trinajstić information content (AvgIpc) is 2.89. The van der Waals surface area contributed by atoms with E-state index in [9.17, 15) is 13.9 Å². The fourth-order valence-corrected chi connectivity index (χ4v) is 2.41. The Morgan fingerprint density at radius 1 is 1.05 bits per heavy atom. The van der Waals surface area contributed by atoms with Crippen molar-refractivity contribution >= 4 is 0 Å². The largest absolute Gasteiger partial charge is 0.384 e. The van der Waals surface area contributed by atoms with Gasteiger partial charge in [0.05, 0.1) is 13.2 Å². The van der Waals surface area contributed by atoms with Crippen LogP contribution >= 0.6 is 0 Å². The predicted octanol–water partition coefficient (Wildman–Crippen LogP) is 3.39. The number of aryl methyl sites for hydroxylation is 1. The first-order valence-corrected chi connectivity index (χ1v) is 6.39. The number of aliphatic hydroxyl groups is 1. The number of hydrogen-bond acceptors (Lipinski definition) is 2. The summed E-state index contributed by atoms with van der Waals surface area (Å²) < 4.78 is 32.7. The molecule has 1 unspecified atom stereocenters. The third-order valence-corrected chi connectivity index (χ3v) is 3.63. The summed E-state index contributed by atoms with van der Waals surface area (Å²) in [7, 11) is 0. The first-order chi connectivity index (χ1) is 9.56. The van der Waals surface area contributed by atoms with Gasteiger partial charge in [-0.3, -0.25) is 0 Å². The van der Waals surface area contributed by atoms with Gasteiger partial charge >= 0.3 is 0 Å². The van der Waals surface area contributed by atoms with Gasteiger partial charge in [0.15, 0.2) is 0 Å². The number of ether oxygens (including phenoxy) is 1. The first kappa shape index (κ1) is 13.2. The highest BCUT2D eigenvalue weighted by atomic mass is 19.1.